The van der Waals surface area contributed by atoms with Gasteiger partial charge in [0.25, 0.3) is 5.91 Å². The van der Waals surface area contributed by atoms with E-state index in [1.54, 1.807) is 15.8 Å². The van der Waals surface area contributed by atoms with Crippen molar-refractivity contribution in [1.82, 2.24) is 14.7 Å². The van der Waals surface area contributed by atoms with Gasteiger partial charge in [0.05, 0.1) is 18.5 Å². The molecule has 0 radical (unpaired) electrons. The summed E-state index contributed by atoms with van der Waals surface area (Å²) in [5.74, 6) is -0.690. The molecule has 1 saturated carbocycles. The molecule has 4 rings (SSSR count). The summed E-state index contributed by atoms with van der Waals surface area (Å²) < 4.78 is 20.6. The van der Waals surface area contributed by atoms with E-state index in [1.807, 2.05) is 0 Å². The molecule has 1 unspecified atom stereocenters. The lowest BCUT2D eigenvalue weighted by Crippen LogP contribution is -2.42. The average molecular weight is 483 g/mol. The number of carbonyl (C=O) groups excluding carboxylic acids is 2. The number of benzene rings is 1. The van der Waals surface area contributed by atoms with Gasteiger partial charge in [-0.2, -0.15) is 10.4 Å². The topological polar surface area (TPSA) is 126 Å². The predicted molar refractivity (Wildman–Crippen MR) is 127 cm³/mol. The van der Waals surface area contributed by atoms with Crippen molar-refractivity contribution in [2.24, 2.45) is 11.7 Å². The van der Waals surface area contributed by atoms with E-state index in [-0.39, 0.29) is 47.8 Å². The van der Waals surface area contributed by atoms with Crippen LogP contribution in [0.25, 0.3) is 0 Å². The Balaban J connectivity index is 1.43. The number of nitrogens with zero attached hydrogens (tertiary/aromatic N) is 4. The molecule has 10 heteroatoms. The number of nitrogens with one attached hydrogen (secondary N) is 1. The summed E-state index contributed by atoms with van der Waals surface area (Å²) in [6, 6.07) is 7.61. The molecular formula is C25H31FN6O3. The maximum Gasteiger partial charge on any atom is 0.410 e. The Bertz CT molecular complexity index is 1070. The Kier molecular flexibility index (Phi) is 7.85. The number of rotatable bonds is 7. The Labute approximate surface area is 204 Å². The Hall–Kier alpha value is -3.61. The number of likely N-dealkylation sites (tertiary alicyclic amines) is 1. The normalized spacial score (nSPS) is 18.0. The van der Waals surface area contributed by atoms with Crippen LogP contribution in [-0.4, -0.2) is 45.9 Å². The number of aromatic nitrogens is 2. The average Bonchev–Trinajstić information content (AvgIpc) is 3.28. The van der Waals surface area contributed by atoms with Crippen molar-refractivity contribution < 1.29 is 18.7 Å². The van der Waals surface area contributed by atoms with Gasteiger partial charge in [0.2, 0.25) is 0 Å². The summed E-state index contributed by atoms with van der Waals surface area (Å²) in [7, 11) is 0. The summed E-state index contributed by atoms with van der Waals surface area (Å²) in [5.41, 5.74) is 6.31. The third-order valence-corrected chi connectivity index (χ3v) is 6.91. The van der Waals surface area contributed by atoms with Crippen molar-refractivity contribution in [3.05, 3.63) is 41.8 Å². The smallest absolute Gasteiger partial charge is 0.410 e. The largest absolute Gasteiger partial charge is 0.446 e. The fraction of sp³-hybridized carbons (Fsp3) is 0.520. The molecule has 2 heterocycles. The first-order valence-electron chi connectivity index (χ1n) is 12.2. The van der Waals surface area contributed by atoms with Crippen LogP contribution in [0.4, 0.5) is 20.7 Å². The summed E-state index contributed by atoms with van der Waals surface area (Å²) in [4.78, 5) is 26.4. The monoisotopic (exact) mass is 482 g/mol. The van der Waals surface area contributed by atoms with Crippen LogP contribution in [0.15, 0.2) is 30.5 Å². The van der Waals surface area contributed by atoms with E-state index in [0.29, 0.717) is 31.6 Å². The van der Waals surface area contributed by atoms with Crippen LogP contribution in [0.1, 0.15) is 67.8 Å². The first-order valence-corrected chi connectivity index (χ1v) is 12.2. The van der Waals surface area contributed by atoms with E-state index >= 15 is 0 Å². The van der Waals surface area contributed by atoms with Gasteiger partial charge >= 0.3 is 6.09 Å². The lowest BCUT2D eigenvalue weighted by Gasteiger charge is -2.36. The van der Waals surface area contributed by atoms with Gasteiger partial charge in [-0.1, -0.05) is 6.42 Å². The lowest BCUT2D eigenvalue weighted by atomic mass is 9.88. The fourth-order valence-corrected chi connectivity index (χ4v) is 4.94. The van der Waals surface area contributed by atoms with E-state index in [0.717, 1.165) is 25.7 Å². The van der Waals surface area contributed by atoms with Gasteiger partial charge in [-0.25, -0.2) is 9.18 Å². The molecule has 9 nitrogen and oxygen atoms in total. The number of anilines is 2. The zero-order valence-corrected chi connectivity index (χ0v) is 19.7. The van der Waals surface area contributed by atoms with Crippen LogP contribution in [-0.2, 0) is 4.74 Å². The van der Waals surface area contributed by atoms with Gasteiger partial charge in [-0.05, 0) is 68.7 Å². The molecule has 1 aromatic carbocycles. The molecule has 35 heavy (non-hydrogen) atoms. The molecule has 2 fully saturated rings. The van der Waals surface area contributed by atoms with Gasteiger partial charge in [0.15, 0.2) is 5.82 Å². The van der Waals surface area contributed by atoms with Crippen LogP contribution in [0.5, 0.6) is 0 Å². The number of nitriles is 1. The molecule has 0 spiro atoms. The first-order chi connectivity index (χ1) is 16.9. The van der Waals surface area contributed by atoms with Gasteiger partial charge in [-0.15, -0.1) is 0 Å². The summed E-state index contributed by atoms with van der Waals surface area (Å²) >= 11 is 0. The maximum atomic E-state index is 13.2. The van der Waals surface area contributed by atoms with Crippen molar-refractivity contribution in [2.45, 2.75) is 63.5 Å². The van der Waals surface area contributed by atoms with Crippen molar-refractivity contribution in [1.29, 1.82) is 5.26 Å². The standard InChI is InChI=1S/C25H31FN6O3/c26-18-6-8-19(9-7-18)29-24-21(23(28)33)16-32(30-24)22(10-13-27)17-11-14-31(15-12-17)25(34)35-20-4-2-1-3-5-20/h6-9,16-17,20,22H,1-5,10-12,14-15H2,(H2,28,33)(H,29,30). The fourth-order valence-electron chi connectivity index (χ4n) is 4.94. The van der Waals surface area contributed by atoms with Crippen LogP contribution >= 0.6 is 0 Å². The molecule has 2 aromatic rings. The Morgan fingerprint density at radius 1 is 1.17 bits per heavy atom. The van der Waals surface area contributed by atoms with Crippen molar-refractivity contribution in [3.8, 4) is 6.07 Å². The number of nitrogens with two attached hydrogens (primary N) is 1. The van der Waals surface area contributed by atoms with Crippen LogP contribution in [0, 0.1) is 23.1 Å². The second-order valence-corrected chi connectivity index (χ2v) is 9.27. The summed E-state index contributed by atoms with van der Waals surface area (Å²) in [6.07, 6.45) is 8.17. The highest BCUT2D eigenvalue weighted by Gasteiger charge is 2.32. The number of amides is 2. The minimum absolute atomic E-state index is 0.0173. The molecule has 1 aliphatic heterocycles. The molecular weight excluding hydrogens is 451 g/mol. The number of hydrogen-bond donors (Lipinski definition) is 2. The predicted octanol–water partition coefficient (Wildman–Crippen LogP) is 4.50. The summed E-state index contributed by atoms with van der Waals surface area (Å²) in [5, 5.41) is 17.0. The molecule has 2 aliphatic rings. The number of primary amides is 1. The molecule has 1 aromatic heterocycles. The van der Waals surface area contributed by atoms with Crippen LogP contribution in [0.3, 0.4) is 0 Å². The van der Waals surface area contributed by atoms with Crippen molar-refractivity contribution in [3.63, 3.8) is 0 Å². The van der Waals surface area contributed by atoms with E-state index in [2.05, 4.69) is 16.5 Å². The number of carbonyl (C=O) groups is 2. The molecule has 186 valence electrons. The third-order valence-electron chi connectivity index (χ3n) is 6.91. The van der Waals surface area contributed by atoms with Gasteiger partial charge < -0.3 is 20.7 Å². The summed E-state index contributed by atoms with van der Waals surface area (Å²) in [6.45, 7) is 1.09. The SMILES string of the molecule is N#CCC(C1CCN(C(=O)OC2CCCCC2)CC1)n1cc(C(N)=O)c(Nc2ccc(F)cc2)n1. The third kappa shape index (κ3) is 6.10. The molecule has 1 aliphatic carbocycles. The Morgan fingerprint density at radius 3 is 2.49 bits per heavy atom. The zero-order chi connectivity index (χ0) is 24.8. The number of halogens is 1. The van der Waals surface area contributed by atoms with Gasteiger partial charge in [0.1, 0.15) is 17.5 Å². The second kappa shape index (κ2) is 11.2. The Morgan fingerprint density at radius 2 is 1.86 bits per heavy atom. The second-order valence-electron chi connectivity index (χ2n) is 9.27. The molecule has 1 saturated heterocycles. The molecule has 3 N–H and O–H groups in total. The number of piperidine rings is 1. The quantitative estimate of drug-likeness (QED) is 0.598. The highest BCUT2D eigenvalue weighted by atomic mass is 19.1. The highest BCUT2D eigenvalue weighted by molar-refractivity contribution is 5.98. The minimum atomic E-state index is -0.656. The molecule has 1 atom stereocenters. The van der Waals surface area contributed by atoms with Gasteiger partial charge in [-0.3, -0.25) is 9.48 Å². The molecule has 0 bridgehead atoms. The van der Waals surface area contributed by atoms with E-state index in [4.69, 9.17) is 10.5 Å². The van der Waals surface area contributed by atoms with E-state index in [9.17, 15) is 19.2 Å². The lowest BCUT2D eigenvalue weighted by molar-refractivity contribution is 0.0348. The molecule has 2 amide bonds. The minimum Gasteiger partial charge on any atom is -0.446 e. The zero-order valence-electron chi connectivity index (χ0n) is 19.7. The number of ether oxygens (including phenoxy) is 1. The number of hydrogen-bond acceptors (Lipinski definition) is 6. The van der Waals surface area contributed by atoms with Crippen molar-refractivity contribution >= 4 is 23.5 Å². The van der Waals surface area contributed by atoms with Crippen LogP contribution in [0.2, 0.25) is 0 Å². The van der Waals surface area contributed by atoms with Crippen LogP contribution < -0.4 is 11.1 Å². The van der Waals surface area contributed by atoms with Gasteiger partial charge in [0, 0.05) is 25.0 Å². The van der Waals surface area contributed by atoms with Crippen molar-refractivity contribution in [2.75, 3.05) is 18.4 Å². The maximum absolute atomic E-state index is 13.2. The van der Waals surface area contributed by atoms with E-state index in [1.165, 1.54) is 30.7 Å². The highest BCUT2D eigenvalue weighted by Crippen LogP contribution is 2.33. The first kappa shape index (κ1) is 24.5. The van der Waals surface area contributed by atoms with E-state index < -0.39 is 5.91 Å².